The number of thiazole rings is 1. The van der Waals surface area contributed by atoms with Gasteiger partial charge in [0.15, 0.2) is 5.01 Å². The number of carbonyl (C=O) groups excluding carboxylic acids is 1. The molecule has 1 aliphatic carbocycles. The number of nitrogens with one attached hydrogen (secondary N) is 2. The maximum atomic E-state index is 13.0. The summed E-state index contributed by atoms with van der Waals surface area (Å²) in [6.45, 7) is 0. The predicted octanol–water partition coefficient (Wildman–Crippen LogP) is 5.61. The SMILES string of the molecule is O=C(NC1CCC(Nc2cccc3nc(C(F)(F)F)sc23)CC1)c1ccc(F)cc1. The molecule has 9 heteroatoms. The van der Waals surface area contributed by atoms with Gasteiger partial charge in [0.2, 0.25) is 0 Å². The van der Waals surface area contributed by atoms with Gasteiger partial charge in [-0.1, -0.05) is 6.07 Å². The number of rotatable bonds is 4. The third-order valence-corrected chi connectivity index (χ3v) is 6.34. The van der Waals surface area contributed by atoms with Crippen molar-refractivity contribution in [2.24, 2.45) is 0 Å². The second kappa shape index (κ2) is 8.22. The summed E-state index contributed by atoms with van der Waals surface area (Å²) in [7, 11) is 0. The number of carbonyl (C=O) groups is 1. The molecule has 1 saturated carbocycles. The van der Waals surface area contributed by atoms with Crippen molar-refractivity contribution in [2.45, 2.75) is 43.9 Å². The smallest absolute Gasteiger partial charge is 0.381 e. The first-order valence-electron chi connectivity index (χ1n) is 9.59. The zero-order valence-corrected chi connectivity index (χ0v) is 16.6. The van der Waals surface area contributed by atoms with E-state index in [4.69, 9.17) is 0 Å². The maximum Gasteiger partial charge on any atom is 0.443 e. The Morgan fingerprint density at radius 1 is 1.00 bits per heavy atom. The molecule has 1 fully saturated rings. The molecule has 0 saturated heterocycles. The molecule has 1 amide bonds. The summed E-state index contributed by atoms with van der Waals surface area (Å²) in [5, 5.41) is 5.47. The van der Waals surface area contributed by atoms with E-state index in [1.165, 1.54) is 24.3 Å². The van der Waals surface area contributed by atoms with Crippen LogP contribution in [0.2, 0.25) is 0 Å². The Labute approximate surface area is 174 Å². The number of nitrogens with zero attached hydrogens (tertiary/aromatic N) is 1. The lowest BCUT2D eigenvalue weighted by molar-refractivity contribution is -0.137. The number of aromatic nitrogens is 1. The van der Waals surface area contributed by atoms with Gasteiger partial charge >= 0.3 is 6.18 Å². The van der Waals surface area contributed by atoms with Crippen LogP contribution in [0.3, 0.4) is 0 Å². The van der Waals surface area contributed by atoms with E-state index in [1.54, 1.807) is 18.2 Å². The third-order valence-electron chi connectivity index (χ3n) is 5.19. The summed E-state index contributed by atoms with van der Waals surface area (Å²) in [6.07, 6.45) is -1.42. The first-order valence-corrected chi connectivity index (χ1v) is 10.4. The van der Waals surface area contributed by atoms with Gasteiger partial charge in [-0.2, -0.15) is 13.2 Å². The summed E-state index contributed by atoms with van der Waals surface area (Å²) in [6, 6.07) is 10.5. The number of hydrogen-bond acceptors (Lipinski definition) is 4. The number of hydrogen-bond donors (Lipinski definition) is 2. The molecule has 0 atom stereocenters. The van der Waals surface area contributed by atoms with Crippen molar-refractivity contribution in [1.29, 1.82) is 0 Å². The van der Waals surface area contributed by atoms with Crippen molar-refractivity contribution >= 4 is 33.1 Å². The van der Waals surface area contributed by atoms with Crippen LogP contribution in [0.4, 0.5) is 23.2 Å². The maximum absolute atomic E-state index is 13.0. The molecule has 0 unspecified atom stereocenters. The van der Waals surface area contributed by atoms with Crippen LogP contribution in [0.15, 0.2) is 42.5 Å². The molecule has 1 aromatic heterocycles. The average molecular weight is 437 g/mol. The molecule has 1 heterocycles. The van der Waals surface area contributed by atoms with Crippen molar-refractivity contribution in [2.75, 3.05) is 5.32 Å². The van der Waals surface area contributed by atoms with Gasteiger partial charge in [-0.25, -0.2) is 9.37 Å². The topological polar surface area (TPSA) is 54.0 Å². The van der Waals surface area contributed by atoms with E-state index in [0.29, 0.717) is 32.8 Å². The first-order chi connectivity index (χ1) is 14.3. The minimum Gasteiger partial charge on any atom is -0.381 e. The van der Waals surface area contributed by atoms with E-state index in [1.807, 2.05) is 0 Å². The second-order valence-electron chi connectivity index (χ2n) is 7.34. The molecule has 158 valence electrons. The first kappa shape index (κ1) is 20.6. The van der Waals surface area contributed by atoms with Crippen LogP contribution in [0.1, 0.15) is 41.0 Å². The minimum atomic E-state index is -4.46. The molecule has 0 spiro atoms. The Bertz CT molecular complexity index is 1040. The average Bonchev–Trinajstić information content (AvgIpc) is 3.16. The molecule has 0 bridgehead atoms. The van der Waals surface area contributed by atoms with Gasteiger partial charge in [-0.15, -0.1) is 11.3 Å². The van der Waals surface area contributed by atoms with Crippen LogP contribution in [0.25, 0.3) is 10.2 Å². The van der Waals surface area contributed by atoms with Gasteiger partial charge in [0, 0.05) is 17.6 Å². The highest BCUT2D eigenvalue weighted by atomic mass is 32.1. The highest BCUT2D eigenvalue weighted by molar-refractivity contribution is 7.19. The molecule has 4 nitrogen and oxygen atoms in total. The van der Waals surface area contributed by atoms with E-state index in [0.717, 1.165) is 25.7 Å². The van der Waals surface area contributed by atoms with E-state index in [9.17, 15) is 22.4 Å². The van der Waals surface area contributed by atoms with Gasteiger partial charge in [-0.05, 0) is 62.1 Å². The highest BCUT2D eigenvalue weighted by Crippen LogP contribution is 2.38. The fourth-order valence-electron chi connectivity index (χ4n) is 3.66. The van der Waals surface area contributed by atoms with E-state index in [-0.39, 0.29) is 18.0 Å². The van der Waals surface area contributed by atoms with Crippen LogP contribution in [0.5, 0.6) is 0 Å². The van der Waals surface area contributed by atoms with E-state index in [2.05, 4.69) is 15.6 Å². The molecular weight excluding hydrogens is 418 g/mol. The standard InChI is InChI=1S/C21H19F4N3OS/c22-13-6-4-12(5-7-13)19(29)27-15-10-8-14(9-11-15)26-16-2-1-3-17-18(16)30-20(28-17)21(23,24)25/h1-7,14-15,26H,8-11H2,(H,27,29). The van der Waals surface area contributed by atoms with Crippen LogP contribution < -0.4 is 10.6 Å². The molecule has 3 aromatic rings. The number of halogens is 4. The monoisotopic (exact) mass is 437 g/mol. The Hall–Kier alpha value is -2.68. The molecule has 4 rings (SSSR count). The van der Waals surface area contributed by atoms with Crippen molar-refractivity contribution in [1.82, 2.24) is 10.3 Å². The largest absolute Gasteiger partial charge is 0.443 e. The van der Waals surface area contributed by atoms with Crippen LogP contribution in [-0.4, -0.2) is 23.0 Å². The number of fused-ring (bicyclic) bond motifs is 1. The fourth-order valence-corrected chi connectivity index (χ4v) is 4.56. The van der Waals surface area contributed by atoms with Crippen molar-refractivity contribution < 1.29 is 22.4 Å². The lowest BCUT2D eigenvalue weighted by Crippen LogP contribution is -2.40. The molecule has 2 aromatic carbocycles. The van der Waals surface area contributed by atoms with Crippen molar-refractivity contribution in [3.05, 3.63) is 58.9 Å². The second-order valence-corrected chi connectivity index (χ2v) is 8.34. The lowest BCUT2D eigenvalue weighted by atomic mass is 9.90. The summed E-state index contributed by atoms with van der Waals surface area (Å²) in [5.41, 5.74) is 1.39. The number of alkyl halides is 3. The molecule has 0 radical (unpaired) electrons. The molecule has 1 aliphatic rings. The van der Waals surface area contributed by atoms with E-state index >= 15 is 0 Å². The van der Waals surface area contributed by atoms with Gasteiger partial charge in [-0.3, -0.25) is 4.79 Å². The third kappa shape index (κ3) is 4.56. The highest BCUT2D eigenvalue weighted by Gasteiger charge is 2.35. The number of anilines is 1. The Kier molecular flexibility index (Phi) is 5.64. The Morgan fingerprint density at radius 2 is 1.67 bits per heavy atom. The van der Waals surface area contributed by atoms with E-state index < -0.39 is 17.0 Å². The summed E-state index contributed by atoms with van der Waals surface area (Å²) in [4.78, 5) is 16.0. The summed E-state index contributed by atoms with van der Waals surface area (Å²) >= 11 is 0.645. The van der Waals surface area contributed by atoms with Gasteiger partial charge in [0.25, 0.3) is 5.91 Å². The normalized spacial score (nSPS) is 19.6. The number of benzene rings is 2. The van der Waals surface area contributed by atoms with Crippen LogP contribution in [0, 0.1) is 5.82 Å². The zero-order chi connectivity index (χ0) is 21.3. The lowest BCUT2D eigenvalue weighted by Gasteiger charge is -2.30. The van der Waals surface area contributed by atoms with Gasteiger partial charge < -0.3 is 10.6 Å². The fraction of sp³-hybridized carbons (Fsp3) is 0.333. The zero-order valence-electron chi connectivity index (χ0n) is 15.8. The minimum absolute atomic E-state index is 0.0108. The van der Waals surface area contributed by atoms with Crippen molar-refractivity contribution in [3.8, 4) is 0 Å². The Morgan fingerprint density at radius 3 is 2.33 bits per heavy atom. The number of amides is 1. The Balaban J connectivity index is 1.36. The molecule has 0 aliphatic heterocycles. The van der Waals surface area contributed by atoms with Crippen LogP contribution in [-0.2, 0) is 6.18 Å². The van der Waals surface area contributed by atoms with Crippen LogP contribution >= 0.6 is 11.3 Å². The summed E-state index contributed by atoms with van der Waals surface area (Å²) in [5.74, 6) is -0.628. The van der Waals surface area contributed by atoms with Gasteiger partial charge in [0.1, 0.15) is 5.82 Å². The molecular formula is C21H19F4N3OS. The molecule has 2 N–H and O–H groups in total. The predicted molar refractivity (Wildman–Crippen MR) is 108 cm³/mol. The quantitative estimate of drug-likeness (QED) is 0.522. The van der Waals surface area contributed by atoms with Gasteiger partial charge in [0.05, 0.1) is 15.9 Å². The summed E-state index contributed by atoms with van der Waals surface area (Å²) < 4.78 is 52.4. The van der Waals surface area contributed by atoms with Crippen molar-refractivity contribution in [3.63, 3.8) is 0 Å². The molecule has 30 heavy (non-hydrogen) atoms.